The lowest BCUT2D eigenvalue weighted by molar-refractivity contribution is -0.117. The van der Waals surface area contributed by atoms with Crippen LogP contribution in [0.15, 0.2) is 29.8 Å². The molecule has 1 N–H and O–H groups in total. The molecular weight excluding hydrogens is 360 g/mol. The zero-order valence-electron chi connectivity index (χ0n) is 17.9. The topological polar surface area (TPSA) is 62.1 Å². The maximum Gasteiger partial charge on any atom is 0.262 e. The number of nitrogens with one attached hydrogen (secondary N) is 1. The van der Waals surface area contributed by atoms with Crippen molar-refractivity contribution in [3.8, 4) is 11.8 Å². The molecule has 1 saturated carbocycles. The first-order valence-corrected chi connectivity index (χ1v) is 11.4. The molecule has 0 saturated heterocycles. The third kappa shape index (κ3) is 9.17. The number of ether oxygens (including phenoxy) is 1. The summed E-state index contributed by atoms with van der Waals surface area (Å²) >= 11 is 0. The monoisotopic (exact) mass is 396 g/mol. The highest BCUT2D eigenvalue weighted by molar-refractivity contribution is 6.01. The average Bonchev–Trinajstić information content (AvgIpc) is 2.73. The van der Waals surface area contributed by atoms with E-state index in [0.717, 1.165) is 43.4 Å². The number of amides is 1. The van der Waals surface area contributed by atoms with Gasteiger partial charge in [-0.05, 0) is 43.0 Å². The molecule has 0 spiro atoms. The second-order valence-corrected chi connectivity index (χ2v) is 8.02. The van der Waals surface area contributed by atoms with Crippen LogP contribution < -0.4 is 10.1 Å². The predicted molar refractivity (Wildman–Crippen MR) is 119 cm³/mol. The van der Waals surface area contributed by atoms with Crippen LogP contribution >= 0.6 is 0 Å². The van der Waals surface area contributed by atoms with Crippen LogP contribution in [0.2, 0.25) is 0 Å². The Kier molecular flexibility index (Phi) is 11.0. The van der Waals surface area contributed by atoms with Crippen LogP contribution in [0.1, 0.15) is 89.5 Å². The Labute approximate surface area is 176 Å². The summed E-state index contributed by atoms with van der Waals surface area (Å²) in [5.74, 6) is 0.552. The fourth-order valence-electron chi connectivity index (χ4n) is 3.77. The molecule has 0 aromatic heterocycles. The van der Waals surface area contributed by atoms with Crippen LogP contribution in [-0.2, 0) is 4.79 Å². The molecule has 1 aromatic rings. The number of benzene rings is 1. The lowest BCUT2D eigenvalue weighted by Gasteiger charge is -2.19. The van der Waals surface area contributed by atoms with Gasteiger partial charge in [0.25, 0.3) is 5.91 Å². The summed E-state index contributed by atoms with van der Waals surface area (Å²) in [4.78, 5) is 12.7. The van der Waals surface area contributed by atoms with Gasteiger partial charge in [0.2, 0.25) is 0 Å². The Morgan fingerprint density at radius 1 is 1.03 bits per heavy atom. The van der Waals surface area contributed by atoms with Crippen LogP contribution in [0.4, 0.5) is 0 Å². The maximum absolute atomic E-state index is 12.7. The number of nitriles is 1. The van der Waals surface area contributed by atoms with E-state index in [1.807, 2.05) is 24.3 Å². The van der Waals surface area contributed by atoms with Crippen LogP contribution in [0.25, 0.3) is 6.08 Å². The van der Waals surface area contributed by atoms with Crippen molar-refractivity contribution >= 4 is 12.0 Å². The molecule has 0 radical (unpaired) electrons. The lowest BCUT2D eigenvalue weighted by Crippen LogP contribution is -2.35. The maximum atomic E-state index is 12.7. The highest BCUT2D eigenvalue weighted by Crippen LogP contribution is 2.18. The van der Waals surface area contributed by atoms with Crippen molar-refractivity contribution < 1.29 is 9.53 Å². The van der Waals surface area contributed by atoms with Crippen molar-refractivity contribution in [2.45, 2.75) is 90.0 Å². The van der Waals surface area contributed by atoms with Gasteiger partial charge in [-0.1, -0.05) is 76.8 Å². The summed E-state index contributed by atoms with van der Waals surface area (Å²) in [6.07, 6.45) is 16.0. The molecule has 2 rings (SSSR count). The second-order valence-electron chi connectivity index (χ2n) is 8.02. The normalized spacial score (nSPS) is 17.4. The molecule has 1 aromatic carbocycles. The fourth-order valence-corrected chi connectivity index (χ4v) is 3.77. The summed E-state index contributed by atoms with van der Waals surface area (Å²) < 4.78 is 5.58. The zero-order chi connectivity index (χ0) is 20.7. The van der Waals surface area contributed by atoms with Gasteiger partial charge in [0.05, 0.1) is 6.61 Å². The van der Waals surface area contributed by atoms with Crippen molar-refractivity contribution in [3.05, 3.63) is 35.4 Å². The predicted octanol–water partition coefficient (Wildman–Crippen LogP) is 6.17. The molecule has 0 bridgehead atoms. The minimum Gasteiger partial charge on any atom is -0.494 e. The van der Waals surface area contributed by atoms with E-state index >= 15 is 0 Å². The Hall–Kier alpha value is -2.28. The van der Waals surface area contributed by atoms with Crippen LogP contribution in [-0.4, -0.2) is 18.6 Å². The van der Waals surface area contributed by atoms with Crippen molar-refractivity contribution in [1.82, 2.24) is 5.32 Å². The number of rotatable bonds is 6. The summed E-state index contributed by atoms with van der Waals surface area (Å²) in [5.41, 5.74) is 0.998. The standard InChI is InChI=1S/C25H36N2O2/c1-2-18-29-24-16-14-21(15-17-24)19-22(20-26)25(28)27-23-12-10-8-6-4-3-5-7-9-11-13-23/h14-17,19,23H,2-13,18H2,1H3,(H,27,28)/b22-19+. The Morgan fingerprint density at radius 3 is 2.10 bits per heavy atom. The number of nitrogens with zero attached hydrogens (tertiary/aromatic N) is 1. The molecule has 29 heavy (non-hydrogen) atoms. The van der Waals surface area contributed by atoms with Gasteiger partial charge in [-0.25, -0.2) is 0 Å². The Balaban J connectivity index is 1.95. The van der Waals surface area contributed by atoms with Crippen molar-refractivity contribution in [2.75, 3.05) is 6.61 Å². The molecule has 1 amide bonds. The molecule has 1 aliphatic rings. The summed E-state index contributed by atoms with van der Waals surface area (Å²) in [7, 11) is 0. The molecule has 0 atom stereocenters. The minimum absolute atomic E-state index is 0.165. The van der Waals surface area contributed by atoms with Gasteiger partial charge in [0, 0.05) is 6.04 Å². The first kappa shape index (κ1) is 23.0. The van der Waals surface area contributed by atoms with E-state index in [2.05, 4.69) is 18.3 Å². The zero-order valence-corrected chi connectivity index (χ0v) is 17.9. The number of carbonyl (C=O) groups is 1. The van der Waals surface area contributed by atoms with Gasteiger partial charge >= 0.3 is 0 Å². The molecule has 1 aliphatic carbocycles. The highest BCUT2D eigenvalue weighted by atomic mass is 16.5. The van der Waals surface area contributed by atoms with Crippen molar-refractivity contribution in [2.24, 2.45) is 0 Å². The molecule has 0 heterocycles. The summed E-state index contributed by atoms with van der Waals surface area (Å²) in [6.45, 7) is 2.75. The molecule has 158 valence electrons. The van der Waals surface area contributed by atoms with Gasteiger partial charge in [-0.3, -0.25) is 4.79 Å². The van der Waals surface area contributed by atoms with Crippen LogP contribution in [0.5, 0.6) is 5.75 Å². The van der Waals surface area contributed by atoms with Gasteiger partial charge in [0.15, 0.2) is 0 Å². The smallest absolute Gasteiger partial charge is 0.262 e. The lowest BCUT2D eigenvalue weighted by atomic mass is 9.97. The third-order valence-electron chi connectivity index (χ3n) is 5.47. The number of hydrogen-bond donors (Lipinski definition) is 1. The first-order valence-electron chi connectivity index (χ1n) is 11.4. The number of hydrogen-bond acceptors (Lipinski definition) is 3. The van der Waals surface area contributed by atoms with E-state index in [1.54, 1.807) is 6.08 Å². The Bertz CT molecular complexity index is 661. The van der Waals surface area contributed by atoms with E-state index < -0.39 is 0 Å². The first-order chi connectivity index (χ1) is 14.2. The fraction of sp³-hybridized carbons (Fsp3) is 0.600. The van der Waals surface area contributed by atoms with Gasteiger partial charge in [-0.2, -0.15) is 5.26 Å². The molecule has 4 heteroatoms. The largest absolute Gasteiger partial charge is 0.494 e. The van der Waals surface area contributed by atoms with E-state index in [0.29, 0.717) is 6.61 Å². The van der Waals surface area contributed by atoms with E-state index in [1.165, 1.54) is 44.9 Å². The number of carbonyl (C=O) groups excluding carboxylic acids is 1. The highest BCUT2D eigenvalue weighted by Gasteiger charge is 2.16. The van der Waals surface area contributed by atoms with Crippen molar-refractivity contribution in [3.63, 3.8) is 0 Å². The van der Waals surface area contributed by atoms with E-state index in [4.69, 9.17) is 4.74 Å². The quantitative estimate of drug-likeness (QED) is 0.462. The minimum atomic E-state index is -0.254. The van der Waals surface area contributed by atoms with E-state index in [9.17, 15) is 10.1 Å². The van der Waals surface area contributed by atoms with Crippen molar-refractivity contribution in [1.29, 1.82) is 5.26 Å². The summed E-state index contributed by atoms with van der Waals surface area (Å²) in [5, 5.41) is 12.6. The van der Waals surface area contributed by atoms with Crippen LogP contribution in [0.3, 0.4) is 0 Å². The molecule has 1 fully saturated rings. The molecule has 4 nitrogen and oxygen atoms in total. The SMILES string of the molecule is CCCOc1ccc(/C=C(\C#N)C(=O)NC2CCCCCCCCCCC2)cc1. The van der Waals surface area contributed by atoms with Gasteiger partial charge < -0.3 is 10.1 Å². The van der Waals surface area contributed by atoms with Gasteiger partial charge in [0.1, 0.15) is 17.4 Å². The summed E-state index contributed by atoms with van der Waals surface area (Å²) in [6, 6.07) is 9.76. The third-order valence-corrected chi connectivity index (χ3v) is 5.47. The molecule has 0 aliphatic heterocycles. The Morgan fingerprint density at radius 2 is 1.59 bits per heavy atom. The second kappa shape index (κ2) is 13.8. The van der Waals surface area contributed by atoms with Crippen LogP contribution in [0, 0.1) is 11.3 Å². The van der Waals surface area contributed by atoms with Gasteiger partial charge in [-0.15, -0.1) is 0 Å². The molecular formula is C25H36N2O2. The average molecular weight is 397 g/mol. The van der Waals surface area contributed by atoms with E-state index in [-0.39, 0.29) is 17.5 Å². The molecule has 0 unspecified atom stereocenters.